The van der Waals surface area contributed by atoms with Crippen LogP contribution in [0.15, 0.2) is 48.5 Å². The van der Waals surface area contributed by atoms with Gasteiger partial charge in [-0.2, -0.15) is 0 Å². The second-order valence-electron chi connectivity index (χ2n) is 7.79. The van der Waals surface area contributed by atoms with Crippen molar-refractivity contribution in [2.45, 2.75) is 39.5 Å². The van der Waals surface area contributed by atoms with E-state index < -0.39 is 0 Å². The van der Waals surface area contributed by atoms with Crippen molar-refractivity contribution in [3.63, 3.8) is 0 Å². The molecule has 1 heterocycles. The first-order valence-electron chi connectivity index (χ1n) is 10.2. The fraction of sp³-hybridized carbons (Fsp3) is 0.417. The fourth-order valence-electron chi connectivity index (χ4n) is 3.95. The number of hydrogen-bond acceptors (Lipinski definition) is 2. The molecule has 4 nitrogen and oxygen atoms in total. The van der Waals surface area contributed by atoms with Gasteiger partial charge >= 0.3 is 0 Å². The van der Waals surface area contributed by atoms with E-state index in [1.807, 2.05) is 48.2 Å². The molecule has 2 atom stereocenters. The van der Waals surface area contributed by atoms with Crippen molar-refractivity contribution in [2.75, 3.05) is 19.6 Å². The summed E-state index contributed by atoms with van der Waals surface area (Å²) in [7, 11) is 0. The molecule has 28 heavy (non-hydrogen) atoms. The first-order chi connectivity index (χ1) is 13.5. The monoisotopic (exact) mass is 378 g/mol. The van der Waals surface area contributed by atoms with Gasteiger partial charge in [-0.1, -0.05) is 55.3 Å². The normalized spacial score (nSPS) is 18.9. The minimum Gasteiger partial charge on any atom is -0.356 e. The quantitative estimate of drug-likeness (QED) is 0.770. The number of rotatable bonds is 6. The second kappa shape index (κ2) is 9.05. The molecule has 0 spiro atoms. The molecule has 0 aromatic heterocycles. The summed E-state index contributed by atoms with van der Waals surface area (Å²) in [5.74, 6) is -0.132. The van der Waals surface area contributed by atoms with Gasteiger partial charge in [-0.15, -0.1) is 0 Å². The molecule has 0 radical (unpaired) electrons. The zero-order chi connectivity index (χ0) is 20.1. The van der Waals surface area contributed by atoms with Crippen LogP contribution in [0.1, 0.15) is 52.7 Å². The first kappa shape index (κ1) is 20.1. The molecule has 1 aliphatic heterocycles. The van der Waals surface area contributed by atoms with Gasteiger partial charge in [-0.05, 0) is 43.5 Å². The number of unbranched alkanes of at least 4 members (excludes halogenated alkanes) is 1. The minimum atomic E-state index is -0.215. The van der Waals surface area contributed by atoms with Crippen molar-refractivity contribution in [2.24, 2.45) is 5.92 Å². The van der Waals surface area contributed by atoms with E-state index in [1.165, 1.54) is 5.56 Å². The first-order valence-corrected chi connectivity index (χ1v) is 10.2. The van der Waals surface area contributed by atoms with Gasteiger partial charge in [0, 0.05) is 31.1 Å². The third-order valence-corrected chi connectivity index (χ3v) is 5.66. The van der Waals surface area contributed by atoms with E-state index in [9.17, 15) is 9.59 Å². The van der Waals surface area contributed by atoms with Gasteiger partial charge in [0.25, 0.3) is 5.91 Å². The Balaban J connectivity index is 1.83. The van der Waals surface area contributed by atoms with E-state index in [1.54, 1.807) is 0 Å². The highest BCUT2D eigenvalue weighted by Gasteiger charge is 2.40. The number of aryl methyl sites for hydroxylation is 2. The van der Waals surface area contributed by atoms with Crippen LogP contribution >= 0.6 is 0 Å². The zero-order valence-corrected chi connectivity index (χ0v) is 17.1. The van der Waals surface area contributed by atoms with Crippen LogP contribution in [0.5, 0.6) is 0 Å². The third kappa shape index (κ3) is 4.44. The molecule has 0 saturated carbocycles. The average molecular weight is 379 g/mol. The number of benzene rings is 2. The van der Waals surface area contributed by atoms with Crippen LogP contribution < -0.4 is 5.32 Å². The van der Waals surface area contributed by atoms with Crippen LogP contribution in [0.3, 0.4) is 0 Å². The molecule has 148 valence electrons. The lowest BCUT2D eigenvalue weighted by atomic mass is 9.86. The standard InChI is InChI=1S/C24H30N2O2/c1-4-5-14-25-23(27)22-16-26(24(28)19-12-10-17(2)11-13-19)15-21(22)20-9-7-6-8-18(20)3/h6-13,21-22H,4-5,14-16H2,1-3H3,(H,25,27). The molecule has 1 saturated heterocycles. The summed E-state index contributed by atoms with van der Waals surface area (Å²) in [5.41, 5.74) is 4.14. The largest absolute Gasteiger partial charge is 0.356 e. The molecular weight excluding hydrogens is 348 g/mol. The smallest absolute Gasteiger partial charge is 0.253 e. The Bertz CT molecular complexity index is 829. The van der Waals surface area contributed by atoms with Gasteiger partial charge in [-0.25, -0.2) is 0 Å². The number of nitrogens with one attached hydrogen (secondary N) is 1. The van der Waals surface area contributed by atoms with Crippen molar-refractivity contribution in [3.05, 3.63) is 70.8 Å². The molecule has 2 unspecified atom stereocenters. The molecule has 2 aromatic rings. The van der Waals surface area contributed by atoms with Crippen LogP contribution in [0, 0.1) is 19.8 Å². The molecule has 2 aromatic carbocycles. The summed E-state index contributed by atoms with van der Waals surface area (Å²) in [6.07, 6.45) is 2.02. The van der Waals surface area contributed by atoms with E-state index in [4.69, 9.17) is 0 Å². The fourth-order valence-corrected chi connectivity index (χ4v) is 3.95. The lowest BCUT2D eigenvalue weighted by Crippen LogP contribution is -2.36. The Morgan fingerprint density at radius 3 is 2.43 bits per heavy atom. The molecule has 0 bridgehead atoms. The van der Waals surface area contributed by atoms with Crippen LogP contribution in [-0.2, 0) is 4.79 Å². The maximum atomic E-state index is 13.0. The molecule has 1 fully saturated rings. The Hall–Kier alpha value is -2.62. The number of hydrogen-bond donors (Lipinski definition) is 1. The van der Waals surface area contributed by atoms with Crippen LogP contribution in [0.2, 0.25) is 0 Å². The van der Waals surface area contributed by atoms with Crippen molar-refractivity contribution >= 4 is 11.8 Å². The Morgan fingerprint density at radius 1 is 1.04 bits per heavy atom. The number of nitrogens with zero attached hydrogens (tertiary/aromatic N) is 1. The maximum absolute atomic E-state index is 13.0. The van der Waals surface area contributed by atoms with Crippen molar-refractivity contribution in [1.82, 2.24) is 10.2 Å². The van der Waals surface area contributed by atoms with Crippen molar-refractivity contribution in [1.29, 1.82) is 0 Å². The molecule has 4 heteroatoms. The van der Waals surface area contributed by atoms with Gasteiger partial charge < -0.3 is 10.2 Å². The highest BCUT2D eigenvalue weighted by Crippen LogP contribution is 2.35. The minimum absolute atomic E-state index is 0.00226. The predicted molar refractivity (Wildman–Crippen MR) is 112 cm³/mol. The zero-order valence-electron chi connectivity index (χ0n) is 17.1. The molecule has 1 N–H and O–H groups in total. The van der Waals surface area contributed by atoms with Crippen LogP contribution in [0.25, 0.3) is 0 Å². The van der Waals surface area contributed by atoms with E-state index in [-0.39, 0.29) is 23.7 Å². The summed E-state index contributed by atoms with van der Waals surface area (Å²) in [6.45, 7) is 7.92. The highest BCUT2D eigenvalue weighted by molar-refractivity contribution is 5.95. The molecule has 1 aliphatic rings. The number of likely N-dealkylation sites (tertiary alicyclic amines) is 1. The lowest BCUT2D eigenvalue weighted by molar-refractivity contribution is -0.124. The van der Waals surface area contributed by atoms with Gasteiger partial charge in [0.05, 0.1) is 5.92 Å². The summed E-state index contributed by atoms with van der Waals surface area (Å²) in [4.78, 5) is 27.8. The summed E-state index contributed by atoms with van der Waals surface area (Å²) >= 11 is 0. The van der Waals surface area contributed by atoms with E-state index in [2.05, 4.69) is 31.3 Å². The maximum Gasteiger partial charge on any atom is 0.253 e. The predicted octanol–water partition coefficient (Wildman–Crippen LogP) is 4.08. The Kier molecular flexibility index (Phi) is 6.50. The summed E-state index contributed by atoms with van der Waals surface area (Å²) < 4.78 is 0. The van der Waals surface area contributed by atoms with Gasteiger partial charge in [0.15, 0.2) is 0 Å². The highest BCUT2D eigenvalue weighted by atomic mass is 16.2. The lowest BCUT2D eigenvalue weighted by Gasteiger charge is -2.20. The van der Waals surface area contributed by atoms with Crippen molar-refractivity contribution in [3.8, 4) is 0 Å². The van der Waals surface area contributed by atoms with Gasteiger partial charge in [0.1, 0.15) is 0 Å². The summed E-state index contributed by atoms with van der Waals surface area (Å²) in [5, 5.41) is 3.07. The second-order valence-corrected chi connectivity index (χ2v) is 7.79. The Morgan fingerprint density at radius 2 is 1.75 bits per heavy atom. The van der Waals surface area contributed by atoms with Gasteiger partial charge in [0.2, 0.25) is 5.91 Å². The molecule has 0 aliphatic carbocycles. The molecular formula is C24H30N2O2. The SMILES string of the molecule is CCCCNC(=O)C1CN(C(=O)c2ccc(C)cc2)CC1c1ccccc1C. The van der Waals surface area contributed by atoms with Gasteiger partial charge in [-0.3, -0.25) is 9.59 Å². The van der Waals surface area contributed by atoms with E-state index in [0.717, 1.165) is 24.0 Å². The topological polar surface area (TPSA) is 49.4 Å². The van der Waals surface area contributed by atoms with Crippen molar-refractivity contribution < 1.29 is 9.59 Å². The molecule has 3 rings (SSSR count). The van der Waals surface area contributed by atoms with E-state index in [0.29, 0.717) is 25.2 Å². The number of carbonyl (C=O) groups is 2. The summed E-state index contributed by atoms with van der Waals surface area (Å²) in [6, 6.07) is 15.8. The van der Waals surface area contributed by atoms with Crippen LogP contribution in [-0.4, -0.2) is 36.3 Å². The number of carbonyl (C=O) groups excluding carboxylic acids is 2. The third-order valence-electron chi connectivity index (χ3n) is 5.66. The molecule has 2 amide bonds. The number of amides is 2. The average Bonchev–Trinajstić information content (AvgIpc) is 3.14. The van der Waals surface area contributed by atoms with E-state index >= 15 is 0 Å². The van der Waals surface area contributed by atoms with Crippen LogP contribution in [0.4, 0.5) is 0 Å². The Labute approximate surface area is 167 Å².